The van der Waals surface area contributed by atoms with Crippen LogP contribution in [0.4, 0.5) is 17.6 Å². The number of alkyl halides is 3. The molecule has 4 atom stereocenters. The molecule has 1 aliphatic heterocycles. The minimum Gasteiger partial charge on any atom is -0.347 e. The van der Waals surface area contributed by atoms with Crippen molar-refractivity contribution in [1.29, 1.82) is 0 Å². The molecule has 2 aromatic carbocycles. The Bertz CT molecular complexity index is 1340. The molecule has 5 rings (SSSR count). The first-order valence-electron chi connectivity index (χ1n) is 11.6. The molecule has 6 nitrogen and oxygen atoms in total. The van der Waals surface area contributed by atoms with Crippen LogP contribution in [0.3, 0.4) is 0 Å². The highest BCUT2D eigenvalue weighted by Crippen LogP contribution is 2.50. The number of nitrogens with one attached hydrogen (secondary N) is 1. The number of benzene rings is 2. The normalized spacial score (nSPS) is 24.2. The number of carbonyl (C=O) groups is 2. The zero-order valence-electron chi connectivity index (χ0n) is 19.3. The van der Waals surface area contributed by atoms with Crippen LogP contribution in [0.25, 0.3) is 0 Å². The molecule has 1 heterocycles. The Kier molecular flexibility index (Phi) is 5.89. The van der Waals surface area contributed by atoms with Crippen molar-refractivity contribution in [1.82, 2.24) is 10.2 Å². The highest BCUT2D eigenvalue weighted by molar-refractivity contribution is 7.90. The standard InChI is InChI=1S/C25H24F4N2O4S/c1-36(34,35)17-4-2-3-14(9-17)24(33)31-12-15-10-19(15)22(31)23(32)30-21(13-5-6-13)18-8-7-16(11-20(18)26)25(27,28)29/h2-4,7-9,11,13,15,19,21-22H,5-6,10,12H2,1H3,(H,30,32)/t15-,19-,21-,22-/m1/s1. The molecule has 1 saturated heterocycles. The Labute approximate surface area is 205 Å². The predicted molar refractivity (Wildman–Crippen MR) is 121 cm³/mol. The van der Waals surface area contributed by atoms with Gasteiger partial charge in [-0.25, -0.2) is 12.8 Å². The zero-order valence-corrected chi connectivity index (χ0v) is 20.1. The third-order valence-electron chi connectivity index (χ3n) is 7.24. The summed E-state index contributed by atoms with van der Waals surface area (Å²) in [7, 11) is -3.54. The molecule has 192 valence electrons. The number of amides is 2. The summed E-state index contributed by atoms with van der Waals surface area (Å²) in [4.78, 5) is 28.1. The fraction of sp³-hybridized carbons (Fsp3) is 0.440. The number of hydrogen-bond acceptors (Lipinski definition) is 4. The topological polar surface area (TPSA) is 83.6 Å². The van der Waals surface area contributed by atoms with Crippen LogP contribution in [-0.2, 0) is 20.8 Å². The lowest BCUT2D eigenvalue weighted by Gasteiger charge is -2.29. The molecule has 36 heavy (non-hydrogen) atoms. The lowest BCUT2D eigenvalue weighted by molar-refractivity contribution is -0.137. The summed E-state index contributed by atoms with van der Waals surface area (Å²) in [6.07, 6.45) is -1.49. The van der Waals surface area contributed by atoms with Gasteiger partial charge in [0.1, 0.15) is 11.9 Å². The molecular formula is C25H24F4N2O4S. The number of piperidine rings is 1. The van der Waals surface area contributed by atoms with E-state index in [1.165, 1.54) is 29.2 Å². The average Bonchev–Trinajstić information content (AvgIpc) is 3.74. The minimum absolute atomic E-state index is 0.00900. The van der Waals surface area contributed by atoms with Gasteiger partial charge in [0.25, 0.3) is 5.91 Å². The Morgan fingerprint density at radius 3 is 2.44 bits per heavy atom. The van der Waals surface area contributed by atoms with E-state index in [2.05, 4.69) is 5.32 Å². The monoisotopic (exact) mass is 524 g/mol. The lowest BCUT2D eigenvalue weighted by atomic mass is 9.99. The Balaban J connectivity index is 1.38. The average molecular weight is 525 g/mol. The molecule has 0 bridgehead atoms. The van der Waals surface area contributed by atoms with Gasteiger partial charge in [-0.1, -0.05) is 12.1 Å². The van der Waals surface area contributed by atoms with E-state index in [9.17, 15) is 35.6 Å². The molecule has 2 saturated carbocycles. The maximum absolute atomic E-state index is 14.7. The first-order valence-corrected chi connectivity index (χ1v) is 13.5. The number of hydrogen-bond donors (Lipinski definition) is 1. The lowest BCUT2D eigenvalue weighted by Crippen LogP contribution is -2.49. The van der Waals surface area contributed by atoms with Crippen molar-refractivity contribution in [3.8, 4) is 0 Å². The summed E-state index contributed by atoms with van der Waals surface area (Å²) < 4.78 is 77.5. The first-order chi connectivity index (χ1) is 16.8. The molecule has 0 spiro atoms. The van der Waals surface area contributed by atoms with Crippen LogP contribution in [0.2, 0.25) is 0 Å². The van der Waals surface area contributed by atoms with Crippen LogP contribution in [0.1, 0.15) is 46.8 Å². The highest BCUT2D eigenvalue weighted by atomic mass is 32.2. The van der Waals surface area contributed by atoms with Gasteiger partial charge in [-0.05, 0) is 67.3 Å². The van der Waals surface area contributed by atoms with E-state index in [1.54, 1.807) is 0 Å². The summed E-state index contributed by atoms with van der Waals surface area (Å²) in [5.41, 5.74) is -0.971. The van der Waals surface area contributed by atoms with Crippen molar-refractivity contribution in [3.05, 3.63) is 65.0 Å². The van der Waals surface area contributed by atoms with E-state index in [0.717, 1.165) is 24.8 Å². The summed E-state index contributed by atoms with van der Waals surface area (Å²) in [5.74, 6) is -2.02. The van der Waals surface area contributed by atoms with E-state index < -0.39 is 51.3 Å². The largest absolute Gasteiger partial charge is 0.416 e. The van der Waals surface area contributed by atoms with E-state index in [1.807, 2.05) is 0 Å². The first kappa shape index (κ1) is 24.7. The fourth-order valence-electron chi connectivity index (χ4n) is 5.11. The summed E-state index contributed by atoms with van der Waals surface area (Å²) in [6.45, 7) is 0.341. The Morgan fingerprint density at radius 1 is 1.11 bits per heavy atom. The summed E-state index contributed by atoms with van der Waals surface area (Å²) in [6, 6.07) is 6.30. The maximum Gasteiger partial charge on any atom is 0.416 e. The SMILES string of the molecule is CS(=O)(=O)c1cccc(C(=O)N2C[C@H]3C[C@H]3[C@@H]2C(=O)N[C@@H](c2ccc(C(F)(F)F)cc2F)C2CC2)c1. The van der Waals surface area contributed by atoms with Crippen LogP contribution in [0.15, 0.2) is 47.4 Å². The summed E-state index contributed by atoms with van der Waals surface area (Å²) >= 11 is 0. The van der Waals surface area contributed by atoms with Gasteiger partial charge in [-0.15, -0.1) is 0 Å². The number of carbonyl (C=O) groups excluding carboxylic acids is 2. The molecular weight excluding hydrogens is 500 g/mol. The van der Waals surface area contributed by atoms with Gasteiger partial charge in [0.05, 0.1) is 16.5 Å². The number of rotatable bonds is 6. The minimum atomic E-state index is -4.68. The van der Waals surface area contributed by atoms with Gasteiger partial charge in [-0.2, -0.15) is 13.2 Å². The molecule has 2 aromatic rings. The van der Waals surface area contributed by atoms with Gasteiger partial charge in [0, 0.05) is 23.9 Å². The molecule has 0 aromatic heterocycles. The van der Waals surface area contributed by atoms with E-state index in [0.29, 0.717) is 25.5 Å². The second-order valence-corrected chi connectivity index (χ2v) is 11.9. The van der Waals surface area contributed by atoms with Gasteiger partial charge < -0.3 is 10.2 Å². The highest BCUT2D eigenvalue weighted by Gasteiger charge is 2.57. The van der Waals surface area contributed by atoms with Gasteiger partial charge in [-0.3, -0.25) is 9.59 Å². The van der Waals surface area contributed by atoms with Crippen molar-refractivity contribution in [2.75, 3.05) is 12.8 Å². The molecule has 2 amide bonds. The smallest absolute Gasteiger partial charge is 0.347 e. The van der Waals surface area contributed by atoms with Crippen LogP contribution < -0.4 is 5.32 Å². The predicted octanol–water partition coefficient (Wildman–Crippen LogP) is 3.98. The van der Waals surface area contributed by atoms with Gasteiger partial charge in [0.15, 0.2) is 9.84 Å². The summed E-state index contributed by atoms with van der Waals surface area (Å²) in [5, 5.41) is 2.82. The number of likely N-dealkylation sites (tertiary alicyclic amines) is 1. The van der Waals surface area contributed by atoms with E-state index in [-0.39, 0.29) is 33.8 Å². The number of fused-ring (bicyclic) bond motifs is 1. The van der Waals surface area contributed by atoms with Crippen LogP contribution in [0.5, 0.6) is 0 Å². The van der Waals surface area contributed by atoms with E-state index >= 15 is 0 Å². The number of nitrogens with zero attached hydrogens (tertiary/aromatic N) is 1. The van der Waals surface area contributed by atoms with Crippen LogP contribution in [-0.4, -0.2) is 44.0 Å². The third kappa shape index (κ3) is 4.72. The Morgan fingerprint density at radius 2 is 1.83 bits per heavy atom. The molecule has 0 radical (unpaired) electrons. The zero-order chi connectivity index (χ0) is 26.0. The quantitative estimate of drug-likeness (QED) is 0.580. The molecule has 0 unspecified atom stereocenters. The van der Waals surface area contributed by atoms with Gasteiger partial charge in [0.2, 0.25) is 5.91 Å². The molecule has 2 aliphatic carbocycles. The third-order valence-corrected chi connectivity index (χ3v) is 8.35. The van der Waals surface area contributed by atoms with Crippen molar-refractivity contribution in [3.63, 3.8) is 0 Å². The van der Waals surface area contributed by atoms with Crippen LogP contribution in [0, 0.1) is 23.6 Å². The van der Waals surface area contributed by atoms with Crippen molar-refractivity contribution < 1.29 is 35.6 Å². The van der Waals surface area contributed by atoms with Crippen LogP contribution >= 0.6 is 0 Å². The van der Waals surface area contributed by atoms with Gasteiger partial charge >= 0.3 is 6.18 Å². The van der Waals surface area contributed by atoms with Crippen molar-refractivity contribution in [2.45, 2.75) is 42.4 Å². The number of sulfone groups is 1. The molecule has 3 fully saturated rings. The molecule has 3 aliphatic rings. The second kappa shape index (κ2) is 8.57. The Hall–Kier alpha value is -2.95. The van der Waals surface area contributed by atoms with E-state index in [4.69, 9.17) is 0 Å². The second-order valence-electron chi connectivity index (χ2n) is 9.92. The molecule has 11 heteroatoms. The number of halogens is 4. The fourth-order valence-corrected chi connectivity index (χ4v) is 5.78. The van der Waals surface area contributed by atoms with Crippen molar-refractivity contribution in [2.24, 2.45) is 17.8 Å². The van der Waals surface area contributed by atoms with Crippen molar-refractivity contribution >= 4 is 21.7 Å². The maximum atomic E-state index is 14.7. The molecule has 1 N–H and O–H groups in total.